The molecule has 0 heterocycles. The van der Waals surface area contributed by atoms with Gasteiger partial charge in [0.15, 0.2) is 6.61 Å². The summed E-state index contributed by atoms with van der Waals surface area (Å²) in [6.07, 6.45) is 1.57. The lowest BCUT2D eigenvalue weighted by molar-refractivity contribution is -0.149. The van der Waals surface area contributed by atoms with E-state index in [1.165, 1.54) is 0 Å². The number of esters is 1. The van der Waals surface area contributed by atoms with Gasteiger partial charge in [-0.25, -0.2) is 0 Å². The Kier molecular flexibility index (Phi) is 6.12. The van der Waals surface area contributed by atoms with Gasteiger partial charge in [0.2, 0.25) is 0 Å². The summed E-state index contributed by atoms with van der Waals surface area (Å²) in [7, 11) is 0. The zero-order valence-corrected chi connectivity index (χ0v) is 12.8. The molecule has 0 spiro atoms. The van der Waals surface area contributed by atoms with Gasteiger partial charge in [-0.05, 0) is 11.1 Å². The molecule has 23 heavy (non-hydrogen) atoms. The van der Waals surface area contributed by atoms with Crippen LogP contribution in [0.3, 0.4) is 0 Å². The van der Waals surface area contributed by atoms with Gasteiger partial charge in [-0.15, -0.1) is 6.58 Å². The molecule has 0 aliphatic heterocycles. The number of carbonyl (C=O) groups is 2. The normalized spacial score (nSPS) is 10.1. The summed E-state index contributed by atoms with van der Waals surface area (Å²) in [5, 5.41) is 2.57. The molecule has 0 saturated heterocycles. The molecule has 0 atom stereocenters. The van der Waals surface area contributed by atoms with Gasteiger partial charge < -0.3 is 10.1 Å². The molecule has 0 bridgehead atoms. The summed E-state index contributed by atoms with van der Waals surface area (Å²) in [5.41, 5.74) is 1.66. The molecular weight excluding hydrogens is 290 g/mol. The molecule has 118 valence electrons. The summed E-state index contributed by atoms with van der Waals surface area (Å²) >= 11 is 0. The van der Waals surface area contributed by atoms with E-state index in [1.54, 1.807) is 6.08 Å². The Morgan fingerprint density at radius 1 is 1.00 bits per heavy atom. The predicted molar refractivity (Wildman–Crippen MR) is 88.9 cm³/mol. The Morgan fingerprint density at radius 2 is 1.52 bits per heavy atom. The highest BCUT2D eigenvalue weighted by Crippen LogP contribution is 2.25. The molecule has 2 aromatic carbocycles. The van der Waals surface area contributed by atoms with Crippen molar-refractivity contribution in [3.8, 4) is 0 Å². The fourth-order valence-electron chi connectivity index (χ4n) is 2.21. The van der Waals surface area contributed by atoms with Gasteiger partial charge in [-0.3, -0.25) is 9.59 Å². The minimum Gasteiger partial charge on any atom is -0.455 e. The number of carbonyl (C=O) groups excluding carboxylic acids is 2. The molecule has 0 fully saturated rings. The number of amides is 1. The molecule has 2 aromatic rings. The lowest BCUT2D eigenvalue weighted by Crippen LogP contribution is -2.30. The van der Waals surface area contributed by atoms with Gasteiger partial charge in [0, 0.05) is 6.54 Å². The van der Waals surface area contributed by atoms with Crippen molar-refractivity contribution in [2.75, 3.05) is 13.2 Å². The smallest absolute Gasteiger partial charge is 0.318 e. The fraction of sp³-hybridized carbons (Fsp3) is 0.158. The SMILES string of the molecule is C=CCNC(=O)COC(=O)C(c1ccccc1)c1ccccc1. The molecule has 1 amide bonds. The minimum absolute atomic E-state index is 0.303. The van der Waals surface area contributed by atoms with E-state index in [0.717, 1.165) is 11.1 Å². The molecule has 0 aliphatic carbocycles. The second-order valence-electron chi connectivity index (χ2n) is 4.95. The van der Waals surface area contributed by atoms with Crippen molar-refractivity contribution < 1.29 is 14.3 Å². The van der Waals surface area contributed by atoms with Crippen LogP contribution in [-0.4, -0.2) is 25.0 Å². The first-order chi connectivity index (χ1) is 11.2. The van der Waals surface area contributed by atoms with E-state index in [2.05, 4.69) is 11.9 Å². The maximum Gasteiger partial charge on any atom is 0.318 e. The first-order valence-electron chi connectivity index (χ1n) is 7.36. The third-order valence-electron chi connectivity index (χ3n) is 3.29. The van der Waals surface area contributed by atoms with Gasteiger partial charge in [0.1, 0.15) is 5.92 Å². The molecule has 4 nitrogen and oxygen atoms in total. The Bertz CT molecular complexity index is 613. The molecule has 0 aliphatic rings. The van der Waals surface area contributed by atoms with Crippen LogP contribution in [-0.2, 0) is 14.3 Å². The van der Waals surface area contributed by atoms with Crippen LogP contribution in [0.1, 0.15) is 17.0 Å². The van der Waals surface area contributed by atoms with Crippen molar-refractivity contribution in [2.45, 2.75) is 5.92 Å². The van der Waals surface area contributed by atoms with E-state index < -0.39 is 11.9 Å². The zero-order chi connectivity index (χ0) is 16.5. The molecule has 1 N–H and O–H groups in total. The number of hydrogen-bond acceptors (Lipinski definition) is 3. The fourth-order valence-corrected chi connectivity index (χ4v) is 2.21. The molecular formula is C19H19NO3. The first kappa shape index (κ1) is 16.5. The molecule has 2 rings (SSSR count). The Hall–Kier alpha value is -2.88. The maximum absolute atomic E-state index is 12.5. The lowest BCUT2D eigenvalue weighted by Gasteiger charge is -2.16. The Balaban J connectivity index is 2.13. The molecule has 0 unspecified atom stereocenters. The highest BCUT2D eigenvalue weighted by atomic mass is 16.5. The maximum atomic E-state index is 12.5. The number of hydrogen-bond donors (Lipinski definition) is 1. The Labute approximate surface area is 135 Å². The zero-order valence-electron chi connectivity index (χ0n) is 12.8. The summed E-state index contributed by atoms with van der Waals surface area (Å²) in [4.78, 5) is 24.1. The highest BCUT2D eigenvalue weighted by Gasteiger charge is 2.24. The van der Waals surface area contributed by atoms with E-state index >= 15 is 0 Å². The van der Waals surface area contributed by atoms with Crippen LogP contribution in [0.15, 0.2) is 73.3 Å². The van der Waals surface area contributed by atoms with Gasteiger partial charge in [-0.1, -0.05) is 66.7 Å². The summed E-state index contributed by atoms with van der Waals surface area (Å²) in [6.45, 7) is 3.55. The highest BCUT2D eigenvalue weighted by molar-refractivity contribution is 5.85. The van der Waals surface area contributed by atoms with Crippen molar-refractivity contribution in [1.29, 1.82) is 0 Å². The van der Waals surface area contributed by atoms with Crippen LogP contribution < -0.4 is 5.32 Å². The molecule has 0 saturated carbocycles. The number of rotatable bonds is 7. The van der Waals surface area contributed by atoms with Crippen molar-refractivity contribution in [1.82, 2.24) is 5.32 Å². The van der Waals surface area contributed by atoms with Crippen molar-refractivity contribution >= 4 is 11.9 Å². The number of ether oxygens (including phenoxy) is 1. The monoisotopic (exact) mass is 309 g/mol. The third-order valence-corrected chi connectivity index (χ3v) is 3.29. The second kappa shape index (κ2) is 8.54. The molecule has 0 radical (unpaired) electrons. The molecule has 0 aromatic heterocycles. The number of nitrogens with one attached hydrogen (secondary N) is 1. The van der Waals surface area contributed by atoms with Crippen molar-refractivity contribution in [2.24, 2.45) is 0 Å². The van der Waals surface area contributed by atoms with Gasteiger partial charge >= 0.3 is 5.97 Å². The van der Waals surface area contributed by atoms with Crippen LogP contribution in [0.25, 0.3) is 0 Å². The summed E-state index contributed by atoms with van der Waals surface area (Å²) in [6, 6.07) is 18.7. The minimum atomic E-state index is -0.551. The predicted octanol–water partition coefficient (Wildman–Crippen LogP) is 2.66. The molecule has 4 heteroatoms. The van der Waals surface area contributed by atoms with E-state index in [1.807, 2.05) is 60.7 Å². The number of benzene rings is 2. The standard InChI is InChI=1S/C19H19NO3/c1-2-13-20-17(21)14-23-19(22)18(15-9-5-3-6-10-15)16-11-7-4-8-12-16/h2-12,18H,1,13-14H2,(H,20,21). The van der Waals surface area contributed by atoms with E-state index in [-0.39, 0.29) is 12.5 Å². The van der Waals surface area contributed by atoms with Crippen LogP contribution in [0.4, 0.5) is 0 Å². The van der Waals surface area contributed by atoms with Gasteiger partial charge in [0.25, 0.3) is 5.91 Å². The second-order valence-corrected chi connectivity index (χ2v) is 4.95. The van der Waals surface area contributed by atoms with Crippen molar-refractivity contribution in [3.63, 3.8) is 0 Å². The summed E-state index contributed by atoms with van der Waals surface area (Å²) < 4.78 is 5.19. The average molecular weight is 309 g/mol. The lowest BCUT2D eigenvalue weighted by atomic mass is 9.91. The van der Waals surface area contributed by atoms with Crippen LogP contribution >= 0.6 is 0 Å². The summed E-state index contributed by atoms with van der Waals surface area (Å²) in [5.74, 6) is -1.35. The third kappa shape index (κ3) is 4.81. The van der Waals surface area contributed by atoms with Gasteiger partial charge in [0.05, 0.1) is 0 Å². The van der Waals surface area contributed by atoms with Gasteiger partial charge in [-0.2, -0.15) is 0 Å². The first-order valence-corrected chi connectivity index (χ1v) is 7.36. The quantitative estimate of drug-likeness (QED) is 0.632. The topological polar surface area (TPSA) is 55.4 Å². The van der Waals surface area contributed by atoms with E-state index in [0.29, 0.717) is 6.54 Å². The van der Waals surface area contributed by atoms with E-state index in [9.17, 15) is 9.59 Å². The van der Waals surface area contributed by atoms with Crippen LogP contribution in [0, 0.1) is 0 Å². The largest absolute Gasteiger partial charge is 0.455 e. The van der Waals surface area contributed by atoms with E-state index in [4.69, 9.17) is 4.74 Å². The Morgan fingerprint density at radius 3 is 2.00 bits per heavy atom. The van der Waals surface area contributed by atoms with Crippen molar-refractivity contribution in [3.05, 3.63) is 84.4 Å². The van der Waals surface area contributed by atoms with Crippen LogP contribution in [0.5, 0.6) is 0 Å². The van der Waals surface area contributed by atoms with Crippen LogP contribution in [0.2, 0.25) is 0 Å². The average Bonchev–Trinajstić information content (AvgIpc) is 2.60.